The van der Waals surface area contributed by atoms with Gasteiger partial charge in [0.05, 0.1) is 6.42 Å². The van der Waals surface area contributed by atoms with Crippen LogP contribution in [0.4, 0.5) is 0 Å². The van der Waals surface area contributed by atoms with Crippen molar-refractivity contribution in [2.24, 2.45) is 0 Å². The van der Waals surface area contributed by atoms with E-state index in [1.165, 1.54) is 0 Å². The number of aryl methyl sites for hydroxylation is 1. The van der Waals surface area contributed by atoms with Gasteiger partial charge in [-0.3, -0.25) is 9.59 Å². The lowest BCUT2D eigenvalue weighted by Gasteiger charge is -2.11. The van der Waals surface area contributed by atoms with Crippen LogP contribution in [-0.2, 0) is 16.0 Å². The van der Waals surface area contributed by atoms with Gasteiger partial charge in [-0.15, -0.1) is 0 Å². The molecule has 1 amide bonds. The topological polar surface area (TPSA) is 66.4 Å². The van der Waals surface area contributed by atoms with Crippen LogP contribution >= 0.6 is 11.6 Å². The third-order valence-corrected chi connectivity index (χ3v) is 2.65. The van der Waals surface area contributed by atoms with Crippen molar-refractivity contribution in [1.29, 1.82) is 0 Å². The van der Waals surface area contributed by atoms with Crippen molar-refractivity contribution in [1.82, 2.24) is 5.32 Å². The fourth-order valence-corrected chi connectivity index (χ4v) is 1.82. The molecule has 0 aliphatic carbocycles. The zero-order chi connectivity index (χ0) is 13.5. The zero-order valence-corrected chi connectivity index (χ0v) is 10.9. The molecule has 5 heteroatoms. The van der Waals surface area contributed by atoms with E-state index in [2.05, 4.69) is 5.32 Å². The minimum absolute atomic E-state index is 0.0666. The van der Waals surface area contributed by atoms with Crippen LogP contribution in [0.5, 0.6) is 0 Å². The first-order chi connectivity index (χ1) is 8.47. The van der Waals surface area contributed by atoms with Crippen LogP contribution in [0.3, 0.4) is 0 Å². The van der Waals surface area contributed by atoms with E-state index in [-0.39, 0.29) is 18.4 Å². The van der Waals surface area contributed by atoms with E-state index < -0.39 is 5.97 Å². The van der Waals surface area contributed by atoms with Gasteiger partial charge < -0.3 is 10.4 Å². The van der Waals surface area contributed by atoms with Crippen molar-refractivity contribution >= 4 is 23.5 Å². The second kappa shape index (κ2) is 7.01. The van der Waals surface area contributed by atoms with Crippen molar-refractivity contribution < 1.29 is 14.7 Å². The molecular formula is C13H16ClNO3. The Morgan fingerprint density at radius 1 is 1.44 bits per heavy atom. The molecule has 98 valence electrons. The summed E-state index contributed by atoms with van der Waals surface area (Å²) in [5.41, 5.74) is 0.989. The molecule has 0 aromatic heterocycles. The van der Waals surface area contributed by atoms with Crippen molar-refractivity contribution in [3.63, 3.8) is 0 Å². The number of carboxylic acids is 1. The van der Waals surface area contributed by atoms with E-state index in [9.17, 15) is 9.59 Å². The lowest BCUT2D eigenvalue weighted by molar-refractivity contribution is -0.137. The molecule has 1 aromatic carbocycles. The minimum atomic E-state index is -0.919. The molecule has 4 nitrogen and oxygen atoms in total. The number of hydrogen-bond acceptors (Lipinski definition) is 2. The van der Waals surface area contributed by atoms with Gasteiger partial charge >= 0.3 is 5.97 Å². The second-order valence-corrected chi connectivity index (χ2v) is 4.63. The summed E-state index contributed by atoms with van der Waals surface area (Å²) in [6.07, 6.45) is 0.847. The minimum Gasteiger partial charge on any atom is -0.481 e. The molecule has 0 fully saturated rings. The Balaban J connectivity index is 2.35. The van der Waals surface area contributed by atoms with Gasteiger partial charge in [-0.1, -0.05) is 23.7 Å². The third kappa shape index (κ3) is 5.68. The highest BCUT2D eigenvalue weighted by molar-refractivity contribution is 6.30. The summed E-state index contributed by atoms with van der Waals surface area (Å²) in [7, 11) is 0. The van der Waals surface area contributed by atoms with Gasteiger partial charge in [0, 0.05) is 17.5 Å². The summed E-state index contributed by atoms with van der Waals surface area (Å²) in [5.74, 6) is -1.07. The van der Waals surface area contributed by atoms with E-state index in [4.69, 9.17) is 16.7 Å². The van der Waals surface area contributed by atoms with E-state index in [1.807, 2.05) is 18.2 Å². The second-order valence-electron chi connectivity index (χ2n) is 4.20. The van der Waals surface area contributed by atoms with Crippen molar-refractivity contribution in [3.8, 4) is 0 Å². The summed E-state index contributed by atoms with van der Waals surface area (Å²) in [5, 5.41) is 11.9. The Hall–Kier alpha value is -1.55. The van der Waals surface area contributed by atoms with Crippen molar-refractivity contribution in [2.45, 2.75) is 32.2 Å². The first-order valence-corrected chi connectivity index (χ1v) is 6.11. The molecule has 1 aromatic rings. The van der Waals surface area contributed by atoms with Gasteiger partial charge in [-0.05, 0) is 31.0 Å². The number of amides is 1. The quantitative estimate of drug-likeness (QED) is 0.832. The SMILES string of the molecule is CC(CC(=O)O)NC(=O)CCc1cccc(Cl)c1. The monoisotopic (exact) mass is 269 g/mol. The number of benzene rings is 1. The molecule has 0 spiro atoms. The van der Waals surface area contributed by atoms with Crippen molar-refractivity contribution in [2.75, 3.05) is 0 Å². The van der Waals surface area contributed by atoms with Crippen LogP contribution in [0.15, 0.2) is 24.3 Å². The maximum atomic E-state index is 11.6. The smallest absolute Gasteiger partial charge is 0.305 e. The summed E-state index contributed by atoms with van der Waals surface area (Å²) in [6.45, 7) is 1.67. The molecule has 18 heavy (non-hydrogen) atoms. The number of carboxylic acid groups (broad SMARTS) is 1. The number of rotatable bonds is 6. The molecule has 0 aliphatic heterocycles. The van der Waals surface area contributed by atoms with E-state index in [0.717, 1.165) is 5.56 Å². The molecule has 2 N–H and O–H groups in total. The Bertz CT molecular complexity index is 434. The zero-order valence-electron chi connectivity index (χ0n) is 10.1. The molecule has 0 saturated heterocycles. The Morgan fingerprint density at radius 3 is 2.78 bits per heavy atom. The molecule has 0 bridgehead atoms. The number of aliphatic carboxylic acids is 1. The number of nitrogens with one attached hydrogen (secondary N) is 1. The number of carbonyl (C=O) groups excluding carboxylic acids is 1. The highest BCUT2D eigenvalue weighted by atomic mass is 35.5. The standard InChI is InChI=1S/C13H16ClNO3/c1-9(7-13(17)18)15-12(16)6-5-10-3-2-4-11(14)8-10/h2-4,8-9H,5-7H2,1H3,(H,15,16)(H,17,18). The average molecular weight is 270 g/mol. The number of halogens is 1. The van der Waals surface area contributed by atoms with E-state index in [0.29, 0.717) is 17.9 Å². The fraction of sp³-hybridized carbons (Fsp3) is 0.385. The van der Waals surface area contributed by atoms with Crippen LogP contribution in [0.2, 0.25) is 5.02 Å². The molecular weight excluding hydrogens is 254 g/mol. The highest BCUT2D eigenvalue weighted by Crippen LogP contribution is 2.12. The summed E-state index contributed by atoms with van der Waals surface area (Å²) in [6, 6.07) is 6.98. The van der Waals surface area contributed by atoms with Crippen LogP contribution in [0.25, 0.3) is 0 Å². The van der Waals surface area contributed by atoms with E-state index >= 15 is 0 Å². The molecule has 0 heterocycles. The van der Waals surface area contributed by atoms with Gasteiger partial charge in [-0.25, -0.2) is 0 Å². The van der Waals surface area contributed by atoms with Crippen LogP contribution < -0.4 is 5.32 Å². The Labute approximate surface area is 111 Å². The first-order valence-electron chi connectivity index (χ1n) is 5.73. The van der Waals surface area contributed by atoms with Crippen molar-refractivity contribution in [3.05, 3.63) is 34.9 Å². The molecule has 0 radical (unpaired) electrons. The van der Waals surface area contributed by atoms with Gasteiger partial charge in [-0.2, -0.15) is 0 Å². The fourth-order valence-electron chi connectivity index (χ4n) is 1.61. The average Bonchev–Trinajstić information content (AvgIpc) is 2.25. The van der Waals surface area contributed by atoms with Crippen LogP contribution in [0.1, 0.15) is 25.3 Å². The molecule has 1 atom stereocenters. The highest BCUT2D eigenvalue weighted by Gasteiger charge is 2.10. The van der Waals surface area contributed by atoms with Gasteiger partial charge in [0.25, 0.3) is 0 Å². The van der Waals surface area contributed by atoms with E-state index in [1.54, 1.807) is 13.0 Å². The Morgan fingerprint density at radius 2 is 2.17 bits per heavy atom. The number of hydrogen-bond donors (Lipinski definition) is 2. The Kier molecular flexibility index (Phi) is 5.65. The van der Waals surface area contributed by atoms with Gasteiger partial charge in [0.1, 0.15) is 0 Å². The molecule has 0 aliphatic rings. The molecule has 0 saturated carbocycles. The molecule has 1 rings (SSSR count). The summed E-state index contributed by atoms with van der Waals surface area (Å²) in [4.78, 5) is 22.0. The first kappa shape index (κ1) is 14.5. The molecule has 1 unspecified atom stereocenters. The number of carbonyl (C=O) groups is 2. The normalized spacial score (nSPS) is 11.9. The lowest BCUT2D eigenvalue weighted by Crippen LogP contribution is -2.34. The van der Waals surface area contributed by atoms with Gasteiger partial charge in [0.15, 0.2) is 0 Å². The summed E-state index contributed by atoms with van der Waals surface area (Å²) < 4.78 is 0. The van der Waals surface area contributed by atoms with Crippen LogP contribution in [0, 0.1) is 0 Å². The predicted molar refractivity (Wildman–Crippen MR) is 69.6 cm³/mol. The maximum Gasteiger partial charge on any atom is 0.305 e. The van der Waals surface area contributed by atoms with Gasteiger partial charge in [0.2, 0.25) is 5.91 Å². The van der Waals surface area contributed by atoms with Crippen LogP contribution in [-0.4, -0.2) is 23.0 Å². The maximum absolute atomic E-state index is 11.6. The summed E-state index contributed by atoms with van der Waals surface area (Å²) >= 11 is 5.84. The predicted octanol–water partition coefficient (Wildman–Crippen LogP) is 2.25. The largest absolute Gasteiger partial charge is 0.481 e. The third-order valence-electron chi connectivity index (χ3n) is 2.42. The lowest BCUT2D eigenvalue weighted by atomic mass is 10.1.